The summed E-state index contributed by atoms with van der Waals surface area (Å²) < 4.78 is 10.9. The van der Waals surface area contributed by atoms with Crippen LogP contribution in [-0.2, 0) is 4.79 Å². The zero-order chi connectivity index (χ0) is 27.8. The molecule has 0 atom stereocenters. The Labute approximate surface area is 235 Å². The van der Waals surface area contributed by atoms with Gasteiger partial charge in [-0.15, -0.1) is 0 Å². The summed E-state index contributed by atoms with van der Waals surface area (Å²) >= 11 is 0. The number of ether oxygens (including phenoxy) is 2. The number of aromatic amines is 1. The molecule has 0 unspecified atom stereocenters. The lowest BCUT2D eigenvalue weighted by Gasteiger charge is -2.36. The van der Waals surface area contributed by atoms with Gasteiger partial charge in [-0.1, -0.05) is 18.2 Å². The van der Waals surface area contributed by atoms with Gasteiger partial charge in [0.25, 0.3) is 11.8 Å². The number of rotatable bonds is 6. The van der Waals surface area contributed by atoms with Crippen LogP contribution in [0.5, 0.6) is 11.5 Å². The van der Waals surface area contributed by atoms with Gasteiger partial charge in [0.15, 0.2) is 11.5 Å². The van der Waals surface area contributed by atoms with E-state index in [0.717, 1.165) is 54.0 Å². The lowest BCUT2D eigenvalue weighted by Crippen LogP contribution is -2.46. The Morgan fingerprint density at radius 1 is 0.975 bits per heavy atom. The molecule has 0 saturated carbocycles. The van der Waals surface area contributed by atoms with E-state index in [1.807, 2.05) is 60.4 Å². The maximum Gasteiger partial charge on any atom is 0.256 e. The minimum atomic E-state index is -0.194. The molecule has 2 amide bonds. The Hall–Kier alpha value is -4.04. The van der Waals surface area contributed by atoms with Crippen molar-refractivity contribution in [2.24, 2.45) is 0 Å². The molecule has 1 aromatic heterocycles. The third-order valence-electron chi connectivity index (χ3n) is 8.43. The van der Waals surface area contributed by atoms with Gasteiger partial charge in [0.05, 0.1) is 31.1 Å². The Kier molecular flexibility index (Phi) is 7.11. The Morgan fingerprint density at radius 3 is 2.45 bits per heavy atom. The first-order chi connectivity index (χ1) is 19.5. The summed E-state index contributed by atoms with van der Waals surface area (Å²) in [6, 6.07) is 14.0. The fourth-order valence-corrected chi connectivity index (χ4v) is 6.39. The van der Waals surface area contributed by atoms with Crippen molar-refractivity contribution in [3.63, 3.8) is 0 Å². The number of piperidine rings is 1. The van der Waals surface area contributed by atoms with Crippen LogP contribution in [0.3, 0.4) is 0 Å². The number of methoxy groups -OCH3 is 2. The highest BCUT2D eigenvalue weighted by molar-refractivity contribution is 6.36. The number of nitrogens with one attached hydrogen (secondary N) is 2. The first kappa shape index (κ1) is 26.2. The number of aryl methyl sites for hydroxylation is 1. The van der Waals surface area contributed by atoms with E-state index in [1.54, 1.807) is 14.2 Å². The molecule has 0 bridgehead atoms. The molecule has 0 aliphatic carbocycles. The Morgan fingerprint density at radius 2 is 1.73 bits per heavy atom. The normalized spacial score (nSPS) is 18.7. The number of likely N-dealkylation sites (tertiary alicyclic amines) is 2. The minimum Gasteiger partial charge on any atom is -0.493 e. The van der Waals surface area contributed by atoms with Gasteiger partial charge in [0, 0.05) is 36.1 Å². The molecule has 0 spiro atoms. The highest BCUT2D eigenvalue weighted by Gasteiger charge is 2.31. The second-order valence-corrected chi connectivity index (χ2v) is 10.9. The van der Waals surface area contributed by atoms with Gasteiger partial charge in [-0.2, -0.15) is 0 Å². The Balaban J connectivity index is 1.32. The molecule has 0 radical (unpaired) electrons. The summed E-state index contributed by atoms with van der Waals surface area (Å²) in [6.45, 7) is 5.82. The molecular formula is C32H36N4O4. The van der Waals surface area contributed by atoms with Crippen molar-refractivity contribution in [2.75, 3.05) is 45.7 Å². The van der Waals surface area contributed by atoms with E-state index < -0.39 is 0 Å². The average Bonchev–Trinajstić information content (AvgIpc) is 3.72. The van der Waals surface area contributed by atoms with Crippen molar-refractivity contribution in [1.29, 1.82) is 0 Å². The summed E-state index contributed by atoms with van der Waals surface area (Å²) in [5, 5.41) is 3.00. The monoisotopic (exact) mass is 540 g/mol. The molecule has 2 aromatic carbocycles. The first-order valence-electron chi connectivity index (χ1n) is 14.1. The summed E-state index contributed by atoms with van der Waals surface area (Å²) in [6.07, 6.45) is 6.41. The molecule has 8 nitrogen and oxygen atoms in total. The van der Waals surface area contributed by atoms with Gasteiger partial charge in [-0.25, -0.2) is 0 Å². The molecule has 3 aromatic rings. The van der Waals surface area contributed by atoms with Gasteiger partial charge in [0.2, 0.25) is 0 Å². The summed E-state index contributed by atoms with van der Waals surface area (Å²) in [5.74, 6) is 1.07. The van der Waals surface area contributed by atoms with E-state index >= 15 is 0 Å². The summed E-state index contributed by atoms with van der Waals surface area (Å²) in [7, 11) is 3.21. The molecule has 3 aliphatic heterocycles. The lowest BCUT2D eigenvalue weighted by molar-refractivity contribution is -0.110. The highest BCUT2D eigenvalue weighted by atomic mass is 16.5. The third-order valence-corrected chi connectivity index (χ3v) is 8.43. The van der Waals surface area contributed by atoms with Gasteiger partial charge in [0.1, 0.15) is 0 Å². The number of H-pyrrole nitrogens is 1. The van der Waals surface area contributed by atoms with Crippen LogP contribution in [0, 0.1) is 6.92 Å². The van der Waals surface area contributed by atoms with Crippen molar-refractivity contribution in [3.8, 4) is 22.6 Å². The number of benzene rings is 2. The van der Waals surface area contributed by atoms with Crippen molar-refractivity contribution in [2.45, 2.75) is 38.6 Å². The van der Waals surface area contributed by atoms with Gasteiger partial charge < -0.3 is 29.6 Å². The number of fused-ring (bicyclic) bond motifs is 1. The lowest BCUT2D eigenvalue weighted by atomic mass is 9.93. The van der Waals surface area contributed by atoms with Crippen LogP contribution < -0.4 is 14.8 Å². The van der Waals surface area contributed by atoms with Crippen molar-refractivity contribution in [1.82, 2.24) is 14.8 Å². The van der Waals surface area contributed by atoms with Crippen LogP contribution in [0.4, 0.5) is 5.69 Å². The van der Waals surface area contributed by atoms with Gasteiger partial charge >= 0.3 is 0 Å². The molecule has 3 aliphatic rings. The number of hydrogen-bond donors (Lipinski definition) is 2. The number of carbonyl (C=O) groups excluding carboxylic acids is 2. The maximum atomic E-state index is 13.7. The van der Waals surface area contributed by atoms with Crippen LogP contribution in [0.25, 0.3) is 22.8 Å². The molecule has 2 saturated heterocycles. The topological polar surface area (TPSA) is 86.9 Å². The van der Waals surface area contributed by atoms with E-state index in [2.05, 4.69) is 15.2 Å². The van der Waals surface area contributed by atoms with E-state index in [9.17, 15) is 9.59 Å². The molecule has 8 heteroatoms. The molecule has 6 rings (SSSR count). The zero-order valence-electron chi connectivity index (χ0n) is 23.4. The summed E-state index contributed by atoms with van der Waals surface area (Å²) in [4.78, 5) is 34.9. The van der Waals surface area contributed by atoms with E-state index in [1.165, 1.54) is 25.9 Å². The van der Waals surface area contributed by atoms with Crippen molar-refractivity contribution >= 4 is 29.2 Å². The smallest absolute Gasteiger partial charge is 0.256 e. The van der Waals surface area contributed by atoms with E-state index in [-0.39, 0.29) is 11.8 Å². The second kappa shape index (κ2) is 10.8. The van der Waals surface area contributed by atoms with Crippen LogP contribution in [-0.4, -0.2) is 73.0 Å². The van der Waals surface area contributed by atoms with Crippen molar-refractivity contribution in [3.05, 3.63) is 65.0 Å². The largest absolute Gasteiger partial charge is 0.493 e. The fraction of sp³-hybridized carbons (Fsp3) is 0.375. The first-order valence-corrected chi connectivity index (χ1v) is 14.1. The van der Waals surface area contributed by atoms with Crippen LogP contribution in [0.1, 0.15) is 53.0 Å². The standard InChI is InChI=1S/C32H36N4O4/c1-20-17-24(32(38)36-15-11-22(12-16-36)35-13-4-5-14-35)27(33-20)19-25-30-23(7-6-8-26(30)34-31(25)37)21-9-10-28(39-2)29(18-21)40-3/h6-10,17-19,22,33H,4-5,11-16H2,1-3H3,(H,34,37). The predicted molar refractivity (Wildman–Crippen MR) is 157 cm³/mol. The van der Waals surface area contributed by atoms with Crippen LogP contribution in [0.15, 0.2) is 42.5 Å². The van der Waals surface area contributed by atoms with Crippen LogP contribution in [0.2, 0.25) is 0 Å². The predicted octanol–water partition coefficient (Wildman–Crippen LogP) is 5.20. The number of aromatic nitrogens is 1. The molecular weight excluding hydrogens is 504 g/mol. The van der Waals surface area contributed by atoms with Crippen LogP contribution >= 0.6 is 0 Å². The van der Waals surface area contributed by atoms with Gasteiger partial charge in [-0.3, -0.25) is 9.59 Å². The number of anilines is 1. The molecule has 208 valence electrons. The zero-order valence-corrected chi connectivity index (χ0v) is 23.4. The van der Waals surface area contributed by atoms with Crippen molar-refractivity contribution < 1.29 is 19.1 Å². The van der Waals surface area contributed by atoms with E-state index in [4.69, 9.17) is 9.47 Å². The Bertz CT molecular complexity index is 1480. The van der Waals surface area contributed by atoms with E-state index in [0.29, 0.717) is 34.4 Å². The fourth-order valence-electron chi connectivity index (χ4n) is 6.39. The molecule has 40 heavy (non-hydrogen) atoms. The number of amides is 2. The molecule has 2 fully saturated rings. The summed E-state index contributed by atoms with van der Waals surface area (Å²) in [5.41, 5.74) is 6.00. The number of carbonyl (C=O) groups is 2. The SMILES string of the molecule is COc1ccc(-c2cccc3c2C(=Cc2[nH]c(C)cc2C(=O)N2CCC(N4CCCC4)CC2)C(=O)N3)cc1OC. The van der Waals surface area contributed by atoms with Gasteiger partial charge in [-0.05, 0) is 87.2 Å². The average molecular weight is 541 g/mol. The number of nitrogens with zero attached hydrogens (tertiary/aromatic N) is 2. The maximum absolute atomic E-state index is 13.7. The third kappa shape index (κ3) is 4.77. The molecule has 2 N–H and O–H groups in total. The second-order valence-electron chi connectivity index (χ2n) is 10.9. The molecule has 4 heterocycles. The minimum absolute atomic E-state index is 0.0166. The quantitative estimate of drug-likeness (QED) is 0.420. The highest BCUT2D eigenvalue weighted by Crippen LogP contribution is 2.42. The number of hydrogen-bond acceptors (Lipinski definition) is 5.